The number of aromatic nitrogens is 2. The second kappa shape index (κ2) is 13.8. The predicted octanol–water partition coefficient (Wildman–Crippen LogP) is 19.3. The molecule has 336 valence electrons. The highest BCUT2D eigenvalue weighted by molar-refractivity contribution is 7.26. The molecule has 0 aliphatic heterocycles. The standard InChI is InChI=1S/C69H38N2S2/c1-3-15-43-39(13-1)25-31-59-67(43)53-35-51-52-36-54-62(71(60-32-26-40-14-2-4-16-44(40)68(54)60)42-28-30-50-48-20-8-12-24-64(48)73-66(50)34-42)38-58(52)69(55-21-9-5-17-45(55)46-18-6-10-22-56(46)69)57(51)37-61(53)70(59)41-27-29-49-47-19-7-11-23-63(47)72-65(49)33-41/h1-38H. The second-order valence-electron chi connectivity index (χ2n) is 20.3. The molecule has 2 aliphatic carbocycles. The summed E-state index contributed by atoms with van der Waals surface area (Å²) in [7, 11) is 0. The Bertz CT molecular complexity index is 4850. The summed E-state index contributed by atoms with van der Waals surface area (Å²) in [6.45, 7) is 0. The quantitative estimate of drug-likeness (QED) is 0.163. The van der Waals surface area contributed by atoms with Crippen molar-refractivity contribution in [2.45, 2.75) is 5.41 Å². The van der Waals surface area contributed by atoms with Crippen molar-refractivity contribution in [2.75, 3.05) is 0 Å². The topological polar surface area (TPSA) is 9.86 Å². The predicted molar refractivity (Wildman–Crippen MR) is 312 cm³/mol. The maximum atomic E-state index is 2.61. The SMILES string of the molecule is c1ccc2c(c1)-c1ccccc1C21c2cc3c(cc2-c2cc4c5c6ccccc6ccc5n(-c5ccc6c(c5)sc5ccccc56)c4cc21)c1c2ccccc2ccc1n3-c1ccc2c(c1)sc1ccccc12. The average molecular weight is 959 g/mol. The summed E-state index contributed by atoms with van der Waals surface area (Å²) < 4.78 is 10.4. The molecule has 12 aromatic carbocycles. The third-order valence-electron chi connectivity index (χ3n) is 16.9. The highest BCUT2D eigenvalue weighted by atomic mass is 32.1. The lowest BCUT2D eigenvalue weighted by Crippen LogP contribution is -2.26. The Morgan fingerprint density at radius 3 is 1.16 bits per heavy atom. The molecule has 4 heteroatoms. The van der Waals surface area contributed by atoms with Gasteiger partial charge in [-0.2, -0.15) is 0 Å². The molecule has 0 unspecified atom stereocenters. The van der Waals surface area contributed by atoms with Crippen molar-refractivity contribution in [3.8, 4) is 33.6 Å². The van der Waals surface area contributed by atoms with Crippen LogP contribution in [0.3, 0.4) is 0 Å². The van der Waals surface area contributed by atoms with Gasteiger partial charge in [-0.1, -0.05) is 158 Å². The number of hydrogen-bond donors (Lipinski definition) is 0. The van der Waals surface area contributed by atoms with Crippen LogP contribution in [0, 0.1) is 0 Å². The van der Waals surface area contributed by atoms with Gasteiger partial charge in [0.1, 0.15) is 0 Å². The van der Waals surface area contributed by atoms with Gasteiger partial charge in [0.25, 0.3) is 0 Å². The first kappa shape index (κ1) is 38.9. The minimum Gasteiger partial charge on any atom is -0.309 e. The Balaban J connectivity index is 1.01. The summed E-state index contributed by atoms with van der Waals surface area (Å²) in [5.74, 6) is 0. The number of rotatable bonds is 2. The van der Waals surface area contributed by atoms with Gasteiger partial charge < -0.3 is 9.13 Å². The van der Waals surface area contributed by atoms with Crippen molar-refractivity contribution in [3.05, 3.63) is 253 Å². The summed E-state index contributed by atoms with van der Waals surface area (Å²) in [5.41, 5.74) is 17.2. The third-order valence-corrected chi connectivity index (χ3v) is 19.1. The molecule has 16 aromatic rings. The molecular formula is C69H38N2S2. The molecule has 0 bridgehead atoms. The van der Waals surface area contributed by atoms with E-state index in [4.69, 9.17) is 0 Å². The van der Waals surface area contributed by atoms with Gasteiger partial charge in [0.2, 0.25) is 0 Å². The Morgan fingerprint density at radius 2 is 0.671 bits per heavy atom. The Labute approximate surface area is 426 Å². The van der Waals surface area contributed by atoms with Gasteiger partial charge in [-0.3, -0.25) is 0 Å². The van der Waals surface area contributed by atoms with Crippen LogP contribution in [0.15, 0.2) is 231 Å². The van der Waals surface area contributed by atoms with E-state index in [0.29, 0.717) is 0 Å². The van der Waals surface area contributed by atoms with Crippen molar-refractivity contribution in [2.24, 2.45) is 0 Å². The smallest absolute Gasteiger partial charge is 0.0727 e. The summed E-state index contributed by atoms with van der Waals surface area (Å²) >= 11 is 3.77. The molecule has 0 amide bonds. The van der Waals surface area contributed by atoms with E-state index in [1.165, 1.54) is 161 Å². The van der Waals surface area contributed by atoms with E-state index in [9.17, 15) is 0 Å². The van der Waals surface area contributed by atoms with Gasteiger partial charge in [-0.05, 0) is 139 Å². The number of hydrogen-bond acceptors (Lipinski definition) is 2. The number of thiophene rings is 2. The molecular weight excluding hydrogens is 921 g/mol. The minimum absolute atomic E-state index is 0.586. The van der Waals surface area contributed by atoms with Crippen molar-refractivity contribution in [1.29, 1.82) is 0 Å². The zero-order valence-corrected chi connectivity index (χ0v) is 40.8. The van der Waals surface area contributed by atoms with E-state index >= 15 is 0 Å². The van der Waals surface area contributed by atoms with Crippen LogP contribution in [0.25, 0.3) is 139 Å². The van der Waals surface area contributed by atoms with E-state index in [0.717, 1.165) is 0 Å². The van der Waals surface area contributed by atoms with E-state index in [1.807, 2.05) is 22.7 Å². The van der Waals surface area contributed by atoms with Crippen molar-refractivity contribution < 1.29 is 0 Å². The largest absolute Gasteiger partial charge is 0.309 e. The highest BCUT2D eigenvalue weighted by Crippen LogP contribution is 2.64. The van der Waals surface area contributed by atoms with E-state index in [-0.39, 0.29) is 0 Å². The maximum Gasteiger partial charge on any atom is 0.0727 e. The normalized spacial score (nSPS) is 13.6. The molecule has 0 saturated heterocycles. The number of benzene rings is 12. The zero-order chi connectivity index (χ0) is 47.3. The summed E-state index contributed by atoms with van der Waals surface area (Å²) in [5, 5.41) is 15.4. The van der Waals surface area contributed by atoms with Crippen LogP contribution in [0.1, 0.15) is 22.3 Å². The monoisotopic (exact) mass is 958 g/mol. The van der Waals surface area contributed by atoms with Crippen molar-refractivity contribution >= 4 is 128 Å². The van der Waals surface area contributed by atoms with Gasteiger partial charge in [0.15, 0.2) is 0 Å². The summed E-state index contributed by atoms with van der Waals surface area (Å²) in [6.07, 6.45) is 0. The fourth-order valence-electron chi connectivity index (χ4n) is 14.0. The van der Waals surface area contributed by atoms with E-state index < -0.39 is 5.41 Å². The van der Waals surface area contributed by atoms with Gasteiger partial charge in [0, 0.05) is 73.3 Å². The molecule has 0 saturated carbocycles. The lowest BCUT2D eigenvalue weighted by Gasteiger charge is -2.30. The maximum absolute atomic E-state index is 2.61. The molecule has 2 nitrogen and oxygen atoms in total. The lowest BCUT2D eigenvalue weighted by atomic mass is 9.70. The average Bonchev–Trinajstić information content (AvgIpc) is 4.36. The molecule has 0 atom stereocenters. The molecule has 2 aliphatic rings. The third kappa shape index (κ3) is 4.84. The molecule has 0 fully saturated rings. The van der Waals surface area contributed by atoms with Gasteiger partial charge in [-0.15, -0.1) is 22.7 Å². The van der Waals surface area contributed by atoms with Gasteiger partial charge in [0.05, 0.1) is 27.5 Å². The molecule has 4 aromatic heterocycles. The number of fused-ring (bicyclic) bond motifs is 26. The molecule has 18 rings (SSSR count). The first-order valence-corrected chi connectivity index (χ1v) is 26.9. The Morgan fingerprint density at radius 1 is 0.260 bits per heavy atom. The fourth-order valence-corrected chi connectivity index (χ4v) is 16.2. The van der Waals surface area contributed by atoms with Crippen LogP contribution in [0.4, 0.5) is 0 Å². The Hall–Kier alpha value is -8.80. The molecule has 0 radical (unpaired) electrons. The van der Waals surface area contributed by atoms with Gasteiger partial charge in [-0.25, -0.2) is 0 Å². The lowest BCUT2D eigenvalue weighted by molar-refractivity contribution is 0.795. The molecule has 73 heavy (non-hydrogen) atoms. The first-order valence-electron chi connectivity index (χ1n) is 25.2. The zero-order valence-electron chi connectivity index (χ0n) is 39.2. The molecule has 0 N–H and O–H groups in total. The van der Waals surface area contributed by atoms with E-state index in [1.54, 1.807) is 0 Å². The summed E-state index contributed by atoms with van der Waals surface area (Å²) in [4.78, 5) is 0. The number of nitrogens with zero attached hydrogens (tertiary/aromatic N) is 2. The van der Waals surface area contributed by atoms with E-state index in [2.05, 4.69) is 240 Å². The van der Waals surface area contributed by atoms with Gasteiger partial charge >= 0.3 is 0 Å². The fraction of sp³-hybridized carbons (Fsp3) is 0.0145. The van der Waals surface area contributed by atoms with Crippen molar-refractivity contribution in [3.63, 3.8) is 0 Å². The van der Waals surface area contributed by atoms with Crippen LogP contribution in [0.2, 0.25) is 0 Å². The first-order chi connectivity index (χ1) is 36.2. The molecule has 1 spiro atoms. The minimum atomic E-state index is -0.586. The Kier molecular flexibility index (Phi) is 7.34. The van der Waals surface area contributed by atoms with Crippen LogP contribution in [-0.4, -0.2) is 9.13 Å². The highest BCUT2D eigenvalue weighted by Gasteiger charge is 2.52. The van der Waals surface area contributed by atoms with Crippen LogP contribution in [-0.2, 0) is 5.41 Å². The van der Waals surface area contributed by atoms with Crippen LogP contribution < -0.4 is 0 Å². The van der Waals surface area contributed by atoms with Crippen LogP contribution >= 0.6 is 22.7 Å². The molecule has 4 heterocycles. The summed E-state index contributed by atoms with van der Waals surface area (Å²) in [6, 6.07) is 88.1. The van der Waals surface area contributed by atoms with Crippen LogP contribution in [0.5, 0.6) is 0 Å². The second-order valence-corrected chi connectivity index (χ2v) is 22.4. The van der Waals surface area contributed by atoms with Crippen molar-refractivity contribution in [1.82, 2.24) is 9.13 Å².